The predicted molar refractivity (Wildman–Crippen MR) is 203 cm³/mol. The van der Waals surface area contributed by atoms with Crippen molar-refractivity contribution in [3.63, 3.8) is 0 Å². The van der Waals surface area contributed by atoms with Gasteiger partial charge < -0.3 is 9.40 Å². The summed E-state index contributed by atoms with van der Waals surface area (Å²) >= 11 is 0. The number of fused-ring (bicyclic) bond motifs is 5. The highest BCUT2D eigenvalue weighted by molar-refractivity contribution is 6.51. The standard InChI is InChI=1S/C44H44N2O4/c1-7-9-15-31(8-2)26-46-39-21-20-33(43(48)41(45-50-30(6)47)32-16-11-10-12-17-32)24-36(39)37-25-38(34-18-13-14-19-35(34)42(37)46)44(49)40-28(4)22-27(3)23-29(40)5/h10-14,16-25,31H,7-9,15,26H2,1-6H3. The van der Waals surface area contributed by atoms with Gasteiger partial charge in [-0.3, -0.25) is 9.59 Å². The third-order valence-electron chi connectivity index (χ3n) is 9.79. The zero-order valence-electron chi connectivity index (χ0n) is 29.8. The summed E-state index contributed by atoms with van der Waals surface area (Å²) < 4.78 is 2.40. The van der Waals surface area contributed by atoms with Crippen LogP contribution >= 0.6 is 0 Å². The molecule has 0 N–H and O–H groups in total. The second-order valence-corrected chi connectivity index (χ2v) is 13.4. The summed E-state index contributed by atoms with van der Waals surface area (Å²) in [6, 6.07) is 29.1. The van der Waals surface area contributed by atoms with Gasteiger partial charge in [0.1, 0.15) is 0 Å². The summed E-state index contributed by atoms with van der Waals surface area (Å²) in [5, 5.41) is 7.71. The Labute approximate surface area is 293 Å². The zero-order valence-corrected chi connectivity index (χ0v) is 29.8. The molecule has 0 amide bonds. The predicted octanol–water partition coefficient (Wildman–Crippen LogP) is 10.5. The topological polar surface area (TPSA) is 77.7 Å². The number of hydrogen-bond donors (Lipinski definition) is 0. The van der Waals surface area contributed by atoms with Crippen LogP contribution in [0.25, 0.3) is 32.6 Å². The number of benzene rings is 5. The summed E-state index contributed by atoms with van der Waals surface area (Å²) in [6.45, 7) is 12.6. The number of nitrogens with zero attached hydrogens (tertiary/aromatic N) is 2. The first-order valence-corrected chi connectivity index (χ1v) is 17.6. The van der Waals surface area contributed by atoms with Crippen molar-refractivity contribution in [2.45, 2.75) is 73.8 Å². The third-order valence-corrected chi connectivity index (χ3v) is 9.79. The second kappa shape index (κ2) is 14.6. The van der Waals surface area contributed by atoms with Crippen LogP contribution in [-0.2, 0) is 16.2 Å². The maximum absolute atomic E-state index is 14.6. The molecule has 0 fully saturated rings. The molecule has 0 aliphatic carbocycles. The lowest BCUT2D eigenvalue weighted by Gasteiger charge is -2.19. The van der Waals surface area contributed by atoms with Crippen LogP contribution in [-0.4, -0.2) is 27.8 Å². The fourth-order valence-electron chi connectivity index (χ4n) is 7.40. The van der Waals surface area contributed by atoms with Gasteiger partial charge in [-0.25, -0.2) is 4.79 Å². The van der Waals surface area contributed by atoms with E-state index in [1.807, 2.05) is 81.4 Å². The Morgan fingerprint density at radius 2 is 1.44 bits per heavy atom. The molecule has 1 heterocycles. The normalized spacial score (nSPS) is 12.5. The van der Waals surface area contributed by atoms with E-state index in [0.29, 0.717) is 22.6 Å². The van der Waals surface area contributed by atoms with Crippen molar-refractivity contribution >= 4 is 55.8 Å². The molecule has 6 heteroatoms. The SMILES string of the molecule is CCCCC(CC)Cn1c2ccc(C(=O)C(=NOC(C)=O)c3ccccc3)cc2c2cc(C(=O)c3c(C)cc(C)cc3C)c3ccccc3c21. The van der Waals surface area contributed by atoms with Gasteiger partial charge in [0, 0.05) is 57.4 Å². The summed E-state index contributed by atoms with van der Waals surface area (Å²) in [5.74, 6) is -0.520. The van der Waals surface area contributed by atoms with Crippen molar-refractivity contribution in [3.05, 3.63) is 130 Å². The lowest BCUT2D eigenvalue weighted by atomic mass is 9.89. The Bertz CT molecular complexity index is 2270. The molecule has 0 bridgehead atoms. The van der Waals surface area contributed by atoms with Crippen molar-refractivity contribution in [2.75, 3.05) is 0 Å². The minimum absolute atomic E-state index is 0.0134. The molecule has 1 unspecified atom stereocenters. The molecule has 254 valence electrons. The van der Waals surface area contributed by atoms with Crippen LogP contribution in [0, 0.1) is 26.7 Å². The first kappa shape index (κ1) is 34.5. The van der Waals surface area contributed by atoms with Crippen LogP contribution < -0.4 is 0 Å². The van der Waals surface area contributed by atoms with E-state index in [1.54, 1.807) is 12.1 Å². The van der Waals surface area contributed by atoms with Gasteiger partial charge in [-0.05, 0) is 73.9 Å². The van der Waals surface area contributed by atoms with E-state index in [1.165, 1.54) is 6.92 Å². The number of carbonyl (C=O) groups excluding carboxylic acids is 3. The minimum atomic E-state index is -0.610. The number of aryl methyl sites for hydroxylation is 3. The first-order chi connectivity index (χ1) is 24.1. The van der Waals surface area contributed by atoms with Gasteiger partial charge in [-0.15, -0.1) is 0 Å². The molecule has 0 aliphatic rings. The molecular weight excluding hydrogens is 620 g/mol. The average molecular weight is 665 g/mol. The van der Waals surface area contributed by atoms with Gasteiger partial charge in [-0.2, -0.15) is 0 Å². The van der Waals surface area contributed by atoms with Gasteiger partial charge in [0.15, 0.2) is 11.5 Å². The van der Waals surface area contributed by atoms with Crippen molar-refractivity contribution in [1.29, 1.82) is 0 Å². The number of aromatic nitrogens is 1. The monoisotopic (exact) mass is 664 g/mol. The highest BCUT2D eigenvalue weighted by Gasteiger charge is 2.25. The van der Waals surface area contributed by atoms with E-state index >= 15 is 0 Å². The molecule has 6 rings (SSSR count). The van der Waals surface area contributed by atoms with Gasteiger partial charge in [-0.1, -0.05) is 111 Å². The van der Waals surface area contributed by atoms with Crippen molar-refractivity contribution in [1.82, 2.24) is 4.57 Å². The number of rotatable bonds is 12. The number of oxime groups is 1. The van der Waals surface area contributed by atoms with Crippen LogP contribution in [0.5, 0.6) is 0 Å². The Balaban J connectivity index is 1.63. The van der Waals surface area contributed by atoms with Gasteiger partial charge in [0.2, 0.25) is 5.78 Å². The minimum Gasteiger partial charge on any atom is -0.340 e. The Morgan fingerprint density at radius 3 is 2.10 bits per heavy atom. The van der Waals surface area contributed by atoms with Gasteiger partial charge in [0.05, 0.1) is 5.52 Å². The van der Waals surface area contributed by atoms with E-state index in [4.69, 9.17) is 4.84 Å². The molecule has 0 spiro atoms. The Morgan fingerprint density at radius 1 is 0.760 bits per heavy atom. The van der Waals surface area contributed by atoms with E-state index in [2.05, 4.69) is 41.8 Å². The van der Waals surface area contributed by atoms with Crippen LogP contribution in [0.2, 0.25) is 0 Å². The molecule has 0 aliphatic heterocycles. The fourth-order valence-corrected chi connectivity index (χ4v) is 7.40. The van der Waals surface area contributed by atoms with Crippen LogP contribution in [0.15, 0.2) is 96.2 Å². The molecule has 0 saturated carbocycles. The smallest absolute Gasteiger partial charge is 0.332 e. The fraction of sp³-hybridized carbons (Fsp3) is 0.273. The summed E-state index contributed by atoms with van der Waals surface area (Å²) in [4.78, 5) is 45.5. The number of carbonyl (C=O) groups is 3. The highest BCUT2D eigenvalue weighted by Crippen LogP contribution is 2.39. The summed E-state index contributed by atoms with van der Waals surface area (Å²) in [6.07, 6.45) is 4.47. The Hall–Kier alpha value is -5.36. The molecule has 1 atom stereocenters. The maximum atomic E-state index is 14.6. The molecule has 5 aromatic carbocycles. The quantitative estimate of drug-likeness (QED) is 0.0564. The van der Waals surface area contributed by atoms with Crippen molar-refractivity contribution in [3.8, 4) is 0 Å². The van der Waals surface area contributed by atoms with Crippen LogP contribution in [0.3, 0.4) is 0 Å². The molecular formula is C44H44N2O4. The van der Waals surface area contributed by atoms with E-state index in [-0.39, 0.29) is 17.3 Å². The largest absolute Gasteiger partial charge is 0.340 e. The molecule has 1 aromatic heterocycles. The first-order valence-electron chi connectivity index (χ1n) is 17.6. The van der Waals surface area contributed by atoms with E-state index < -0.39 is 5.97 Å². The lowest BCUT2D eigenvalue weighted by molar-refractivity contribution is -0.140. The summed E-state index contributed by atoms with van der Waals surface area (Å²) in [7, 11) is 0. The molecule has 0 radical (unpaired) electrons. The number of hydrogen-bond acceptors (Lipinski definition) is 5. The maximum Gasteiger partial charge on any atom is 0.332 e. The molecule has 6 nitrogen and oxygen atoms in total. The van der Waals surface area contributed by atoms with Gasteiger partial charge >= 0.3 is 5.97 Å². The number of Topliss-reactive ketones (excluding diaryl/α,β-unsaturated/α-hetero) is 1. The average Bonchev–Trinajstić information content (AvgIpc) is 3.41. The number of unbranched alkanes of at least 4 members (excludes halogenated alkanes) is 1. The lowest BCUT2D eigenvalue weighted by Crippen LogP contribution is -2.17. The van der Waals surface area contributed by atoms with E-state index in [9.17, 15) is 14.4 Å². The van der Waals surface area contributed by atoms with Crippen LogP contribution in [0.4, 0.5) is 0 Å². The van der Waals surface area contributed by atoms with E-state index in [0.717, 1.165) is 87.1 Å². The highest BCUT2D eigenvalue weighted by atomic mass is 16.7. The molecule has 6 aromatic rings. The van der Waals surface area contributed by atoms with Gasteiger partial charge in [0.25, 0.3) is 0 Å². The third kappa shape index (κ3) is 6.62. The van der Waals surface area contributed by atoms with Crippen molar-refractivity contribution in [2.24, 2.45) is 11.1 Å². The second-order valence-electron chi connectivity index (χ2n) is 13.4. The molecule has 0 saturated heterocycles. The van der Waals surface area contributed by atoms with Crippen molar-refractivity contribution < 1.29 is 19.2 Å². The number of ketones is 2. The summed E-state index contributed by atoms with van der Waals surface area (Å²) in [5.41, 5.74) is 7.45. The Kier molecular flexibility index (Phi) is 10.1. The molecule has 50 heavy (non-hydrogen) atoms. The van der Waals surface area contributed by atoms with Crippen LogP contribution in [0.1, 0.15) is 95.0 Å². The zero-order chi connectivity index (χ0) is 35.5.